The minimum atomic E-state index is -0.802. The highest BCUT2D eigenvalue weighted by molar-refractivity contribution is 5.93. The predicted molar refractivity (Wildman–Crippen MR) is 64.5 cm³/mol. The molecule has 1 amide bonds. The molecule has 1 aliphatic carbocycles. The number of carboxylic acid groups (broad SMARTS) is 1. The van der Waals surface area contributed by atoms with Gasteiger partial charge in [-0.15, -0.1) is 0 Å². The summed E-state index contributed by atoms with van der Waals surface area (Å²) in [4.78, 5) is 25.1. The van der Waals surface area contributed by atoms with E-state index in [0.717, 1.165) is 12.8 Å². The van der Waals surface area contributed by atoms with Gasteiger partial charge in [0.2, 0.25) is 0 Å². The molecule has 1 saturated carbocycles. The highest BCUT2D eigenvalue weighted by Crippen LogP contribution is 2.44. The van der Waals surface area contributed by atoms with Gasteiger partial charge in [0, 0.05) is 19.2 Å². The van der Waals surface area contributed by atoms with Crippen molar-refractivity contribution in [2.75, 3.05) is 13.1 Å². The van der Waals surface area contributed by atoms with Crippen LogP contribution < -0.4 is 0 Å². The number of hydrogen-bond donors (Lipinski definition) is 1. The molecule has 1 saturated heterocycles. The zero-order chi connectivity index (χ0) is 13.6. The van der Waals surface area contributed by atoms with Crippen LogP contribution in [0.4, 0.5) is 0 Å². The molecule has 2 aliphatic rings. The maximum atomic E-state index is 12.2. The Bertz CT molecular complexity index is 520. The van der Waals surface area contributed by atoms with Crippen LogP contribution in [-0.4, -0.2) is 40.1 Å². The number of aliphatic carboxylic acids is 1. The number of likely N-dealkylation sites (tertiary alicyclic amines) is 1. The minimum absolute atomic E-state index is 0.0921. The van der Waals surface area contributed by atoms with Gasteiger partial charge in [-0.1, -0.05) is 5.16 Å². The van der Waals surface area contributed by atoms with Gasteiger partial charge < -0.3 is 14.5 Å². The zero-order valence-corrected chi connectivity index (χ0v) is 10.7. The fourth-order valence-electron chi connectivity index (χ4n) is 2.89. The van der Waals surface area contributed by atoms with Crippen molar-refractivity contribution in [1.29, 1.82) is 0 Å². The Morgan fingerprint density at radius 2 is 2.16 bits per heavy atom. The van der Waals surface area contributed by atoms with Crippen molar-refractivity contribution >= 4 is 11.9 Å². The van der Waals surface area contributed by atoms with E-state index >= 15 is 0 Å². The number of nitrogens with zero attached hydrogens (tertiary/aromatic N) is 2. The Kier molecular flexibility index (Phi) is 2.80. The molecule has 2 atom stereocenters. The first-order chi connectivity index (χ1) is 9.06. The van der Waals surface area contributed by atoms with Crippen LogP contribution in [0.2, 0.25) is 0 Å². The highest BCUT2D eigenvalue weighted by atomic mass is 16.5. The van der Waals surface area contributed by atoms with Gasteiger partial charge in [-0.25, -0.2) is 0 Å². The van der Waals surface area contributed by atoms with E-state index in [-0.39, 0.29) is 24.1 Å². The van der Waals surface area contributed by atoms with Crippen LogP contribution in [0.15, 0.2) is 10.6 Å². The molecule has 0 bridgehead atoms. The number of carboxylic acids is 1. The normalized spacial score (nSPS) is 26.7. The maximum Gasteiger partial charge on any atom is 0.308 e. The van der Waals surface area contributed by atoms with Gasteiger partial charge in [-0.3, -0.25) is 9.59 Å². The lowest BCUT2D eigenvalue weighted by molar-refractivity contribution is -0.142. The fraction of sp³-hybridized carbons (Fsp3) is 0.615. The molecule has 19 heavy (non-hydrogen) atoms. The summed E-state index contributed by atoms with van der Waals surface area (Å²) in [5.41, 5.74) is 0.262. The second-order valence-electron chi connectivity index (χ2n) is 5.48. The summed E-state index contributed by atoms with van der Waals surface area (Å²) in [6.45, 7) is 2.52. The van der Waals surface area contributed by atoms with Crippen LogP contribution in [0.1, 0.15) is 29.1 Å². The lowest BCUT2D eigenvalue weighted by Gasteiger charge is -2.14. The van der Waals surface area contributed by atoms with Crippen LogP contribution >= 0.6 is 0 Å². The summed E-state index contributed by atoms with van der Waals surface area (Å²) < 4.78 is 4.89. The minimum Gasteiger partial charge on any atom is -0.481 e. The molecule has 6 heteroatoms. The van der Waals surface area contributed by atoms with Gasteiger partial charge in [0.25, 0.3) is 5.91 Å². The Hall–Kier alpha value is -1.85. The topological polar surface area (TPSA) is 83.6 Å². The largest absolute Gasteiger partial charge is 0.481 e. The molecule has 0 aromatic carbocycles. The Labute approximate surface area is 110 Å². The van der Waals surface area contributed by atoms with Crippen molar-refractivity contribution in [3.63, 3.8) is 0 Å². The number of rotatable bonds is 3. The Balaban J connectivity index is 1.75. The number of hydrogen-bond acceptors (Lipinski definition) is 4. The SMILES string of the molecule is Cc1cc(C(=O)N2C[C@H](C(=O)O)[C@@H](C3CC3)C2)no1. The first-order valence-corrected chi connectivity index (χ1v) is 6.51. The standard InChI is InChI=1S/C13H16N2O4/c1-7-4-11(14-19-7)12(16)15-5-9(8-2-3-8)10(6-15)13(17)18/h4,8-10H,2-3,5-6H2,1H3,(H,17,18)/t9-,10+/m1/s1. The van der Waals surface area contributed by atoms with E-state index in [4.69, 9.17) is 4.52 Å². The van der Waals surface area contributed by atoms with Gasteiger partial charge in [0.15, 0.2) is 5.69 Å². The summed E-state index contributed by atoms with van der Waals surface area (Å²) in [6, 6.07) is 1.59. The molecule has 1 aromatic rings. The van der Waals surface area contributed by atoms with Crippen molar-refractivity contribution in [3.8, 4) is 0 Å². The van der Waals surface area contributed by atoms with Crippen LogP contribution in [0.5, 0.6) is 0 Å². The molecular weight excluding hydrogens is 248 g/mol. The predicted octanol–water partition coefficient (Wildman–Crippen LogP) is 1.17. The van der Waals surface area contributed by atoms with Crippen LogP contribution in [0, 0.1) is 24.7 Å². The zero-order valence-electron chi connectivity index (χ0n) is 10.7. The number of aromatic nitrogens is 1. The van der Waals surface area contributed by atoms with E-state index in [0.29, 0.717) is 18.2 Å². The van der Waals surface area contributed by atoms with Crippen LogP contribution in [-0.2, 0) is 4.79 Å². The van der Waals surface area contributed by atoms with Gasteiger partial charge in [-0.05, 0) is 31.6 Å². The lowest BCUT2D eigenvalue weighted by atomic mass is 9.92. The monoisotopic (exact) mass is 264 g/mol. The van der Waals surface area contributed by atoms with E-state index in [2.05, 4.69) is 5.16 Å². The van der Waals surface area contributed by atoms with Crippen LogP contribution in [0.25, 0.3) is 0 Å². The number of carbonyl (C=O) groups excluding carboxylic acids is 1. The van der Waals surface area contributed by atoms with Gasteiger partial charge in [-0.2, -0.15) is 0 Å². The molecule has 1 aromatic heterocycles. The van der Waals surface area contributed by atoms with Gasteiger partial charge in [0.05, 0.1) is 5.92 Å². The first-order valence-electron chi connectivity index (χ1n) is 6.51. The van der Waals surface area contributed by atoms with Crippen molar-refractivity contribution in [1.82, 2.24) is 10.1 Å². The summed E-state index contributed by atoms with van der Waals surface area (Å²) >= 11 is 0. The molecule has 0 spiro atoms. The van der Waals surface area contributed by atoms with Crippen molar-refractivity contribution in [3.05, 3.63) is 17.5 Å². The third-order valence-corrected chi connectivity index (χ3v) is 4.04. The average Bonchev–Trinajstić information content (AvgIpc) is 2.96. The van der Waals surface area contributed by atoms with E-state index in [9.17, 15) is 14.7 Å². The molecule has 2 heterocycles. The van der Waals surface area contributed by atoms with Gasteiger partial charge in [0.1, 0.15) is 5.76 Å². The first kappa shape index (κ1) is 12.2. The van der Waals surface area contributed by atoms with Crippen molar-refractivity contribution in [2.45, 2.75) is 19.8 Å². The third kappa shape index (κ3) is 2.22. The average molecular weight is 264 g/mol. The molecule has 1 aliphatic heterocycles. The van der Waals surface area contributed by atoms with E-state index < -0.39 is 11.9 Å². The number of aryl methyl sites for hydroxylation is 1. The van der Waals surface area contributed by atoms with E-state index in [1.54, 1.807) is 17.9 Å². The fourth-order valence-corrected chi connectivity index (χ4v) is 2.89. The highest BCUT2D eigenvalue weighted by Gasteiger charge is 2.47. The molecular formula is C13H16N2O4. The molecule has 2 fully saturated rings. The van der Waals surface area contributed by atoms with Crippen molar-refractivity contribution < 1.29 is 19.2 Å². The number of carbonyl (C=O) groups is 2. The Morgan fingerprint density at radius 1 is 1.42 bits per heavy atom. The smallest absolute Gasteiger partial charge is 0.308 e. The quantitative estimate of drug-likeness (QED) is 0.885. The summed E-state index contributed by atoms with van der Waals surface area (Å²) in [7, 11) is 0. The maximum absolute atomic E-state index is 12.2. The van der Waals surface area contributed by atoms with Gasteiger partial charge >= 0.3 is 5.97 Å². The number of amides is 1. The second kappa shape index (κ2) is 4.36. The van der Waals surface area contributed by atoms with Crippen molar-refractivity contribution in [2.24, 2.45) is 17.8 Å². The summed E-state index contributed by atoms with van der Waals surface area (Å²) in [6.07, 6.45) is 2.17. The van der Waals surface area contributed by atoms with E-state index in [1.165, 1.54) is 0 Å². The molecule has 0 unspecified atom stereocenters. The second-order valence-corrected chi connectivity index (χ2v) is 5.48. The lowest BCUT2D eigenvalue weighted by Crippen LogP contribution is -2.30. The Morgan fingerprint density at radius 3 is 2.68 bits per heavy atom. The van der Waals surface area contributed by atoms with E-state index in [1.807, 2.05) is 0 Å². The molecule has 0 radical (unpaired) electrons. The summed E-state index contributed by atoms with van der Waals surface area (Å²) in [5.74, 6) is -0.331. The molecule has 3 rings (SSSR count). The molecule has 102 valence electrons. The molecule has 1 N–H and O–H groups in total. The molecule has 6 nitrogen and oxygen atoms in total. The third-order valence-electron chi connectivity index (χ3n) is 4.04. The summed E-state index contributed by atoms with van der Waals surface area (Å²) in [5, 5.41) is 13.0. The van der Waals surface area contributed by atoms with Crippen LogP contribution in [0.3, 0.4) is 0 Å².